The highest BCUT2D eigenvalue weighted by Gasteiger charge is 2.32. The van der Waals surface area contributed by atoms with E-state index in [1.54, 1.807) is 45.8 Å². The molecule has 1 saturated heterocycles. The lowest BCUT2D eigenvalue weighted by Gasteiger charge is -2.37. The van der Waals surface area contributed by atoms with Gasteiger partial charge in [0.2, 0.25) is 0 Å². The minimum absolute atomic E-state index is 0.0362. The molecule has 1 fully saturated rings. The van der Waals surface area contributed by atoms with Gasteiger partial charge in [-0.3, -0.25) is 24.7 Å². The van der Waals surface area contributed by atoms with Crippen LogP contribution in [0.3, 0.4) is 0 Å². The number of amides is 2. The van der Waals surface area contributed by atoms with Crippen molar-refractivity contribution in [3.63, 3.8) is 0 Å². The Labute approximate surface area is 314 Å². The Bertz CT molecular complexity index is 2350. The number of carbonyl (C=O) groups excluding carboxylic acids is 2. The van der Waals surface area contributed by atoms with Gasteiger partial charge in [-0.2, -0.15) is 5.10 Å². The van der Waals surface area contributed by atoms with Crippen molar-refractivity contribution >= 4 is 50.7 Å². The second kappa shape index (κ2) is 16.9. The summed E-state index contributed by atoms with van der Waals surface area (Å²) in [5, 5.41) is 32.4. The summed E-state index contributed by atoms with van der Waals surface area (Å²) in [7, 11) is -4.69. The number of nitrogens with zero attached hydrogens (tertiary/aromatic N) is 6. The number of rotatable bonds is 11. The van der Waals surface area contributed by atoms with Gasteiger partial charge in [-0.1, -0.05) is 42.2 Å². The molecular weight excluding hydrogens is 733 g/mol. The Hall–Kier alpha value is -6.51. The lowest BCUT2D eigenvalue weighted by atomic mass is 10.1. The van der Waals surface area contributed by atoms with Crippen molar-refractivity contribution in [3.05, 3.63) is 136 Å². The van der Waals surface area contributed by atoms with Crippen LogP contribution in [0.4, 0.5) is 17.1 Å². The van der Waals surface area contributed by atoms with Crippen LogP contribution in [-0.4, -0.2) is 88.8 Å². The molecule has 1 aliphatic heterocycles. The molecule has 3 heterocycles. The van der Waals surface area contributed by atoms with Gasteiger partial charge in [0, 0.05) is 73.0 Å². The molecule has 0 bridgehead atoms. The molecule has 3 aromatic carbocycles. The van der Waals surface area contributed by atoms with Gasteiger partial charge in [0.15, 0.2) is 5.69 Å². The standard InChI is InChI=1S/C37H32N8O7S2/c46-28-21-26(24-38-25-28)12-13-27-7-4-5-10-30(27)37(48)44-18-16-43(17-19-44)34-22-32(39-15-20-53-29-8-2-1-3-9-29)33(45(49)50)23-35(34)54(51,52)42-36(47)31-11-6-14-40-41-31/h1-11,14,21-25,39,46H,15-20H2,(H,42,47). The van der Waals surface area contributed by atoms with Crippen molar-refractivity contribution in [3.8, 4) is 17.6 Å². The van der Waals surface area contributed by atoms with E-state index in [2.05, 4.69) is 32.3 Å². The van der Waals surface area contributed by atoms with E-state index in [1.807, 2.05) is 35.1 Å². The molecule has 0 atom stereocenters. The van der Waals surface area contributed by atoms with Crippen molar-refractivity contribution < 1.29 is 28.0 Å². The smallest absolute Gasteiger partial charge is 0.293 e. The van der Waals surface area contributed by atoms with E-state index in [9.17, 15) is 33.2 Å². The number of carbonyl (C=O) groups is 2. The summed E-state index contributed by atoms with van der Waals surface area (Å²) in [4.78, 5) is 46.1. The molecule has 2 amide bonds. The van der Waals surface area contributed by atoms with Crippen LogP contribution in [0.5, 0.6) is 5.75 Å². The largest absolute Gasteiger partial charge is 0.506 e. The fourth-order valence-electron chi connectivity index (χ4n) is 5.57. The first kappa shape index (κ1) is 37.3. The number of hydrogen-bond donors (Lipinski definition) is 3. The number of nitrogens with one attached hydrogen (secondary N) is 2. The summed E-state index contributed by atoms with van der Waals surface area (Å²) < 4.78 is 29.6. The van der Waals surface area contributed by atoms with Gasteiger partial charge in [0.1, 0.15) is 16.3 Å². The van der Waals surface area contributed by atoms with Crippen molar-refractivity contribution in [1.29, 1.82) is 0 Å². The summed E-state index contributed by atoms with van der Waals surface area (Å²) in [5.74, 6) is 5.07. The Morgan fingerprint density at radius 2 is 1.70 bits per heavy atom. The summed E-state index contributed by atoms with van der Waals surface area (Å²) in [6.07, 6.45) is 4.11. The average Bonchev–Trinajstić information content (AvgIpc) is 3.19. The minimum Gasteiger partial charge on any atom is -0.506 e. The van der Waals surface area contributed by atoms with E-state index in [-0.39, 0.29) is 54.9 Å². The number of nitro benzene ring substituents is 1. The topological polar surface area (TPSA) is 201 Å². The van der Waals surface area contributed by atoms with Gasteiger partial charge in [-0.15, -0.1) is 16.9 Å². The van der Waals surface area contributed by atoms with Crippen LogP contribution >= 0.6 is 11.8 Å². The van der Waals surface area contributed by atoms with Crippen molar-refractivity contribution in [1.82, 2.24) is 24.8 Å². The average molecular weight is 765 g/mol. The SMILES string of the molecule is O=C(NS(=O)(=O)c1cc([N+](=O)[O-])c(NCCSc2ccccc2)cc1N1CCN(C(=O)c2ccccc2C#Cc2cncc(O)c2)CC1)c1cccnn1. The molecule has 274 valence electrons. The molecule has 17 heteroatoms. The number of aromatic hydroxyl groups is 1. The molecule has 54 heavy (non-hydrogen) atoms. The van der Waals surface area contributed by atoms with Crippen molar-refractivity contribution in [2.24, 2.45) is 0 Å². The number of sulfonamides is 1. The first-order valence-corrected chi connectivity index (χ1v) is 18.9. The predicted octanol–water partition coefficient (Wildman–Crippen LogP) is 4.17. The molecule has 5 aromatic rings. The zero-order valence-corrected chi connectivity index (χ0v) is 30.1. The molecule has 15 nitrogen and oxygen atoms in total. The summed E-state index contributed by atoms with van der Waals surface area (Å²) in [5.41, 5.74) is 0.739. The maximum Gasteiger partial charge on any atom is 0.293 e. The van der Waals surface area contributed by atoms with Gasteiger partial charge < -0.3 is 20.2 Å². The predicted molar refractivity (Wildman–Crippen MR) is 202 cm³/mol. The number of aromatic nitrogens is 3. The third-order valence-electron chi connectivity index (χ3n) is 8.16. The number of benzene rings is 3. The van der Waals surface area contributed by atoms with E-state index in [4.69, 9.17) is 0 Å². The second-order valence-corrected chi connectivity index (χ2v) is 14.6. The number of anilines is 2. The number of piperazine rings is 1. The van der Waals surface area contributed by atoms with Crippen LogP contribution in [-0.2, 0) is 10.0 Å². The van der Waals surface area contributed by atoms with Crippen molar-refractivity contribution in [2.75, 3.05) is 48.7 Å². The number of pyridine rings is 1. The van der Waals surface area contributed by atoms with Gasteiger partial charge in [0.05, 0.1) is 22.4 Å². The van der Waals surface area contributed by atoms with E-state index < -0.39 is 31.4 Å². The first-order valence-electron chi connectivity index (χ1n) is 16.5. The fourth-order valence-corrected chi connectivity index (χ4v) is 7.55. The van der Waals surface area contributed by atoms with Crippen LogP contribution in [0.1, 0.15) is 32.0 Å². The lowest BCUT2D eigenvalue weighted by Crippen LogP contribution is -2.49. The van der Waals surface area contributed by atoms with Crippen LogP contribution in [0, 0.1) is 22.0 Å². The third kappa shape index (κ3) is 9.10. The van der Waals surface area contributed by atoms with Crippen LogP contribution in [0.25, 0.3) is 0 Å². The zero-order valence-electron chi connectivity index (χ0n) is 28.5. The number of nitro groups is 1. The number of hydrogen-bond acceptors (Lipinski definition) is 13. The van der Waals surface area contributed by atoms with Crippen LogP contribution in [0.15, 0.2) is 113 Å². The van der Waals surface area contributed by atoms with Gasteiger partial charge >= 0.3 is 0 Å². The zero-order chi connectivity index (χ0) is 38.1. The highest BCUT2D eigenvalue weighted by Crippen LogP contribution is 2.37. The molecule has 0 aliphatic carbocycles. The molecule has 0 radical (unpaired) electrons. The fraction of sp³-hybridized carbons (Fsp3) is 0.162. The summed E-state index contributed by atoms with van der Waals surface area (Å²) in [6, 6.07) is 23.0. The second-order valence-electron chi connectivity index (χ2n) is 11.7. The maximum absolute atomic E-state index is 13.8. The van der Waals surface area contributed by atoms with Crippen LogP contribution < -0.4 is 14.9 Å². The molecule has 6 rings (SSSR count). The quantitative estimate of drug-likeness (QED) is 0.0570. The van der Waals surface area contributed by atoms with Gasteiger partial charge in [0.25, 0.3) is 27.5 Å². The third-order valence-corrected chi connectivity index (χ3v) is 10.5. The maximum atomic E-state index is 13.8. The highest BCUT2D eigenvalue weighted by atomic mass is 32.2. The lowest BCUT2D eigenvalue weighted by molar-refractivity contribution is -0.384. The van der Waals surface area contributed by atoms with E-state index >= 15 is 0 Å². The monoisotopic (exact) mass is 764 g/mol. The minimum atomic E-state index is -4.69. The van der Waals surface area contributed by atoms with E-state index in [1.165, 1.54) is 42.9 Å². The molecule has 0 spiro atoms. The molecule has 1 aliphatic rings. The van der Waals surface area contributed by atoms with Crippen LogP contribution in [0.2, 0.25) is 0 Å². The van der Waals surface area contributed by atoms with Gasteiger partial charge in [-0.05, 0) is 48.5 Å². The highest BCUT2D eigenvalue weighted by molar-refractivity contribution is 7.99. The molecule has 0 saturated carbocycles. The molecule has 2 aromatic heterocycles. The first-order chi connectivity index (χ1) is 26.1. The van der Waals surface area contributed by atoms with Gasteiger partial charge in [-0.25, -0.2) is 13.1 Å². The Kier molecular flexibility index (Phi) is 11.6. The Morgan fingerprint density at radius 3 is 2.43 bits per heavy atom. The molecule has 3 N–H and O–H groups in total. The normalized spacial score (nSPS) is 12.7. The van der Waals surface area contributed by atoms with Crippen molar-refractivity contribution in [2.45, 2.75) is 9.79 Å². The Balaban J connectivity index is 1.26. The molecule has 0 unspecified atom stereocenters. The summed E-state index contributed by atoms with van der Waals surface area (Å²) >= 11 is 1.55. The Morgan fingerprint density at radius 1 is 0.944 bits per heavy atom. The van der Waals surface area contributed by atoms with E-state index in [0.717, 1.165) is 11.0 Å². The van der Waals surface area contributed by atoms with E-state index in [0.29, 0.717) is 29.0 Å². The summed E-state index contributed by atoms with van der Waals surface area (Å²) in [6.45, 7) is 1.00. The molecular formula is C37H32N8O7S2. The number of thioether (sulfide) groups is 1.